The lowest BCUT2D eigenvalue weighted by Crippen LogP contribution is -2.46. The molecule has 2 fully saturated rings. The van der Waals surface area contributed by atoms with E-state index < -0.39 is 30.7 Å². The molecule has 58 heavy (non-hydrogen) atoms. The van der Waals surface area contributed by atoms with Crippen LogP contribution >= 0.6 is 23.2 Å². The molecule has 0 radical (unpaired) electrons. The SMILES string of the molecule is CCN1CCC(C)[C@@H](OC(=O)C(NCc2cccc(C(=O)O[C@@H](Cc3c(Cl)c[n+]([O-])cc3Cl)c3ccc(OC(F)F)c(OCC4CC4)c3)c2)c2cccc(OC)c2)C1. The molecular formula is C43H47Cl2F2N3O8. The zero-order valence-electron chi connectivity index (χ0n) is 32.5. The summed E-state index contributed by atoms with van der Waals surface area (Å²) in [6.45, 7) is 4.06. The molecule has 1 saturated carbocycles. The number of methoxy groups -OCH3 is 1. The van der Waals surface area contributed by atoms with Gasteiger partial charge in [0.1, 0.15) is 34.0 Å². The fourth-order valence-corrected chi connectivity index (χ4v) is 7.40. The Bertz CT molecular complexity index is 2030. The van der Waals surface area contributed by atoms with Crippen LogP contribution in [0.1, 0.15) is 77.9 Å². The van der Waals surface area contributed by atoms with Crippen LogP contribution in [0.3, 0.4) is 0 Å². The van der Waals surface area contributed by atoms with Crippen LogP contribution in [0.2, 0.25) is 10.0 Å². The maximum absolute atomic E-state index is 13.9. The van der Waals surface area contributed by atoms with Crippen molar-refractivity contribution in [1.29, 1.82) is 0 Å². The first kappa shape index (κ1) is 42.9. The van der Waals surface area contributed by atoms with E-state index in [0.717, 1.165) is 44.7 Å². The van der Waals surface area contributed by atoms with Gasteiger partial charge in [-0.05, 0) is 97.3 Å². The second-order valence-corrected chi connectivity index (χ2v) is 15.5. The fourth-order valence-electron chi connectivity index (χ4n) is 6.80. The van der Waals surface area contributed by atoms with E-state index >= 15 is 0 Å². The van der Waals surface area contributed by atoms with Crippen molar-refractivity contribution in [2.45, 2.75) is 70.9 Å². The molecule has 4 aromatic rings. The first-order chi connectivity index (χ1) is 27.9. The molecule has 2 aliphatic rings. The van der Waals surface area contributed by atoms with Crippen LogP contribution in [0.25, 0.3) is 0 Å². The maximum Gasteiger partial charge on any atom is 0.387 e. The number of esters is 2. The van der Waals surface area contributed by atoms with Crippen LogP contribution in [0.5, 0.6) is 17.2 Å². The monoisotopic (exact) mass is 841 g/mol. The summed E-state index contributed by atoms with van der Waals surface area (Å²) in [5, 5.41) is 15.4. The molecule has 2 unspecified atom stereocenters. The first-order valence-electron chi connectivity index (χ1n) is 19.3. The number of halogens is 4. The zero-order valence-corrected chi connectivity index (χ0v) is 34.0. The molecule has 11 nitrogen and oxygen atoms in total. The highest BCUT2D eigenvalue weighted by Gasteiger charge is 2.32. The minimum Gasteiger partial charge on any atom is -0.619 e. The van der Waals surface area contributed by atoms with Crippen molar-refractivity contribution in [3.05, 3.63) is 122 Å². The maximum atomic E-state index is 13.9. The second kappa shape index (κ2) is 19.8. The Balaban J connectivity index is 1.24. The van der Waals surface area contributed by atoms with Gasteiger partial charge in [0, 0.05) is 25.1 Å². The van der Waals surface area contributed by atoms with Crippen molar-refractivity contribution < 1.29 is 46.8 Å². The number of pyridine rings is 1. The Hall–Kier alpha value is -4.69. The molecule has 2 heterocycles. The van der Waals surface area contributed by atoms with Crippen LogP contribution in [0, 0.1) is 17.0 Å². The van der Waals surface area contributed by atoms with Gasteiger partial charge in [-0.3, -0.25) is 10.2 Å². The number of aromatic nitrogens is 1. The molecule has 0 amide bonds. The van der Waals surface area contributed by atoms with Gasteiger partial charge in [0.05, 0.1) is 19.3 Å². The van der Waals surface area contributed by atoms with E-state index in [1.54, 1.807) is 43.5 Å². The summed E-state index contributed by atoms with van der Waals surface area (Å²) in [6.07, 6.45) is 3.72. The lowest BCUT2D eigenvalue weighted by atomic mass is 9.95. The number of carbonyl (C=O) groups is 2. The van der Waals surface area contributed by atoms with Crippen LogP contribution in [-0.2, 0) is 27.2 Å². The van der Waals surface area contributed by atoms with E-state index in [2.05, 4.69) is 24.1 Å². The molecule has 15 heteroatoms. The highest BCUT2D eigenvalue weighted by Crippen LogP contribution is 2.38. The van der Waals surface area contributed by atoms with Gasteiger partial charge in [-0.1, -0.05) is 67.4 Å². The van der Waals surface area contributed by atoms with Crippen LogP contribution < -0.4 is 24.3 Å². The standard InChI is InChI=1S/C43H47Cl2F2N3O8/c1-4-49-16-15-26(2)39(24-49)57-42(52)40(30-8-6-10-32(18-30)54-3)48-21-28-7-5-9-31(17-28)41(51)56-37(20-33-34(44)22-50(53)23-35(33)45)29-13-14-36(58-43(46)47)38(19-29)55-25-27-11-12-27/h5-10,13-14,17-19,22-23,26-27,37,39-40,43,48H,4,11-12,15-16,20-21,24-25H2,1-3H3/t26?,37-,39-,40?/m0/s1. The number of nitrogens with zero attached hydrogens (tertiary/aromatic N) is 2. The molecule has 1 aliphatic carbocycles. The number of piperidine rings is 1. The topological polar surface area (TPSA) is 123 Å². The zero-order chi connectivity index (χ0) is 41.3. The number of alkyl halides is 2. The van der Waals surface area contributed by atoms with Crippen LogP contribution in [0.4, 0.5) is 8.78 Å². The van der Waals surface area contributed by atoms with Crippen molar-refractivity contribution in [3.8, 4) is 17.2 Å². The smallest absolute Gasteiger partial charge is 0.387 e. The van der Waals surface area contributed by atoms with Crippen LogP contribution in [-0.4, -0.2) is 62.9 Å². The quantitative estimate of drug-likeness (QED) is 0.0595. The van der Waals surface area contributed by atoms with E-state index in [0.29, 0.717) is 51.8 Å². The normalized spacial score (nSPS) is 18.0. The number of rotatable bonds is 18. The van der Waals surface area contributed by atoms with Gasteiger partial charge >= 0.3 is 18.6 Å². The molecule has 1 aromatic heterocycles. The highest BCUT2D eigenvalue weighted by molar-refractivity contribution is 6.35. The number of benzene rings is 3. The Morgan fingerprint density at radius 3 is 2.45 bits per heavy atom. The second-order valence-electron chi connectivity index (χ2n) is 14.7. The van der Waals surface area contributed by atoms with Crippen molar-refractivity contribution in [2.24, 2.45) is 11.8 Å². The summed E-state index contributed by atoms with van der Waals surface area (Å²) in [4.78, 5) is 30.1. The summed E-state index contributed by atoms with van der Waals surface area (Å²) >= 11 is 12.9. The lowest BCUT2D eigenvalue weighted by molar-refractivity contribution is -0.605. The van der Waals surface area contributed by atoms with E-state index in [-0.39, 0.29) is 52.1 Å². The predicted molar refractivity (Wildman–Crippen MR) is 213 cm³/mol. The molecule has 4 atom stereocenters. The van der Waals surface area contributed by atoms with Gasteiger partial charge < -0.3 is 28.9 Å². The Kier molecular flexibility index (Phi) is 14.7. The summed E-state index contributed by atoms with van der Waals surface area (Å²) in [5.41, 5.74) is 2.25. The predicted octanol–water partition coefficient (Wildman–Crippen LogP) is 8.27. The third kappa shape index (κ3) is 11.5. The minimum atomic E-state index is -3.09. The number of likely N-dealkylation sites (tertiary alicyclic amines) is 1. The highest BCUT2D eigenvalue weighted by atomic mass is 35.5. The largest absolute Gasteiger partial charge is 0.619 e. The van der Waals surface area contributed by atoms with Gasteiger partial charge in [0.2, 0.25) is 0 Å². The van der Waals surface area contributed by atoms with Crippen molar-refractivity contribution >= 4 is 35.1 Å². The Morgan fingerprint density at radius 2 is 1.74 bits per heavy atom. The molecule has 1 N–H and O–H groups in total. The summed E-state index contributed by atoms with van der Waals surface area (Å²) < 4.78 is 55.4. The molecule has 6 rings (SSSR count). The van der Waals surface area contributed by atoms with Crippen LogP contribution in [0.15, 0.2) is 79.1 Å². The third-order valence-electron chi connectivity index (χ3n) is 10.4. The average molecular weight is 843 g/mol. The molecule has 1 saturated heterocycles. The number of carbonyl (C=O) groups excluding carboxylic acids is 2. The molecule has 310 valence electrons. The van der Waals surface area contributed by atoms with E-state index in [1.165, 1.54) is 18.2 Å². The number of hydrogen-bond acceptors (Lipinski definition) is 10. The summed E-state index contributed by atoms with van der Waals surface area (Å²) in [6, 6.07) is 17.4. The van der Waals surface area contributed by atoms with E-state index in [4.69, 9.17) is 46.9 Å². The molecule has 3 aromatic carbocycles. The number of ether oxygens (including phenoxy) is 5. The first-order valence-corrected chi connectivity index (χ1v) is 20.0. The number of likely N-dealkylation sites (N-methyl/N-ethyl adjacent to an activating group) is 1. The number of hydrogen-bond donors (Lipinski definition) is 1. The van der Waals surface area contributed by atoms with Gasteiger partial charge in [-0.25, -0.2) is 9.59 Å². The molecule has 0 spiro atoms. The Labute approximate surface area is 346 Å². The van der Waals surface area contributed by atoms with Gasteiger partial charge in [0.15, 0.2) is 23.9 Å². The van der Waals surface area contributed by atoms with Gasteiger partial charge in [-0.2, -0.15) is 13.5 Å². The third-order valence-corrected chi connectivity index (χ3v) is 11.1. The van der Waals surface area contributed by atoms with Crippen molar-refractivity contribution in [2.75, 3.05) is 33.4 Å². The molecule has 0 bridgehead atoms. The number of nitrogens with one attached hydrogen (secondary N) is 1. The summed E-state index contributed by atoms with van der Waals surface area (Å²) in [7, 11) is 1.56. The minimum absolute atomic E-state index is 0.0456. The van der Waals surface area contributed by atoms with Gasteiger partial charge in [-0.15, -0.1) is 0 Å². The van der Waals surface area contributed by atoms with Crippen molar-refractivity contribution in [3.63, 3.8) is 0 Å². The molecule has 1 aliphatic heterocycles. The summed E-state index contributed by atoms with van der Waals surface area (Å²) in [5.74, 6) is -0.144. The Morgan fingerprint density at radius 1 is 0.983 bits per heavy atom. The fraction of sp³-hybridized carbons (Fsp3) is 0.419. The molecular weight excluding hydrogens is 795 g/mol. The van der Waals surface area contributed by atoms with Crippen molar-refractivity contribution in [1.82, 2.24) is 10.2 Å². The average Bonchev–Trinajstić information content (AvgIpc) is 4.04. The lowest BCUT2D eigenvalue weighted by Gasteiger charge is -2.36. The van der Waals surface area contributed by atoms with Gasteiger partial charge in [0.25, 0.3) is 0 Å². The van der Waals surface area contributed by atoms with E-state index in [1.807, 2.05) is 12.1 Å². The van der Waals surface area contributed by atoms with E-state index in [9.17, 15) is 23.6 Å².